The maximum Gasteiger partial charge on any atom is 0.226 e. The van der Waals surface area contributed by atoms with Crippen molar-refractivity contribution in [2.45, 2.75) is 40.2 Å². The van der Waals surface area contributed by atoms with Crippen molar-refractivity contribution in [3.8, 4) is 5.88 Å². The van der Waals surface area contributed by atoms with Crippen molar-refractivity contribution in [1.29, 1.82) is 0 Å². The summed E-state index contributed by atoms with van der Waals surface area (Å²) in [5.74, 6) is 1.54. The third-order valence-electron chi connectivity index (χ3n) is 2.68. The Kier molecular flexibility index (Phi) is 5.85. The van der Waals surface area contributed by atoms with Crippen molar-refractivity contribution in [2.75, 3.05) is 18.5 Å². The molecule has 1 aromatic rings. The SMILES string of the molecule is CCOc1cc(C)nc(NC(CCO)C(C)C)n1. The van der Waals surface area contributed by atoms with Gasteiger partial charge in [-0.15, -0.1) is 0 Å². The monoisotopic (exact) mass is 253 g/mol. The summed E-state index contributed by atoms with van der Waals surface area (Å²) in [5, 5.41) is 12.3. The quantitative estimate of drug-likeness (QED) is 0.778. The summed E-state index contributed by atoms with van der Waals surface area (Å²) in [6.07, 6.45) is 0.680. The Bertz CT molecular complexity index is 369. The van der Waals surface area contributed by atoms with E-state index in [0.29, 0.717) is 30.8 Å². The molecular formula is C13H23N3O2. The molecule has 1 aromatic heterocycles. The van der Waals surface area contributed by atoms with Crippen molar-refractivity contribution < 1.29 is 9.84 Å². The second-order valence-corrected chi connectivity index (χ2v) is 4.61. The first-order valence-corrected chi connectivity index (χ1v) is 6.42. The van der Waals surface area contributed by atoms with E-state index in [1.54, 1.807) is 0 Å². The fourth-order valence-corrected chi connectivity index (χ4v) is 1.70. The zero-order valence-electron chi connectivity index (χ0n) is 11.6. The van der Waals surface area contributed by atoms with Gasteiger partial charge in [0, 0.05) is 24.4 Å². The molecular weight excluding hydrogens is 230 g/mol. The van der Waals surface area contributed by atoms with E-state index in [1.807, 2.05) is 19.9 Å². The van der Waals surface area contributed by atoms with Gasteiger partial charge in [-0.1, -0.05) is 13.8 Å². The lowest BCUT2D eigenvalue weighted by atomic mass is 10.0. The molecule has 0 aliphatic heterocycles. The van der Waals surface area contributed by atoms with Crippen molar-refractivity contribution in [2.24, 2.45) is 5.92 Å². The number of anilines is 1. The van der Waals surface area contributed by atoms with Gasteiger partial charge in [0.2, 0.25) is 11.8 Å². The van der Waals surface area contributed by atoms with E-state index < -0.39 is 0 Å². The molecule has 5 nitrogen and oxygen atoms in total. The van der Waals surface area contributed by atoms with E-state index in [1.165, 1.54) is 0 Å². The van der Waals surface area contributed by atoms with E-state index in [0.717, 1.165) is 5.69 Å². The summed E-state index contributed by atoms with van der Waals surface area (Å²) in [7, 11) is 0. The van der Waals surface area contributed by atoms with E-state index in [2.05, 4.69) is 29.1 Å². The molecule has 0 aliphatic rings. The fraction of sp³-hybridized carbons (Fsp3) is 0.692. The fourth-order valence-electron chi connectivity index (χ4n) is 1.70. The number of nitrogens with zero attached hydrogens (tertiary/aromatic N) is 2. The molecule has 102 valence electrons. The van der Waals surface area contributed by atoms with Crippen LogP contribution in [-0.4, -0.2) is 34.3 Å². The molecule has 2 N–H and O–H groups in total. The van der Waals surface area contributed by atoms with Crippen LogP contribution < -0.4 is 10.1 Å². The molecule has 0 bridgehead atoms. The van der Waals surface area contributed by atoms with Gasteiger partial charge in [-0.25, -0.2) is 4.98 Å². The minimum absolute atomic E-state index is 0.153. The molecule has 1 atom stereocenters. The van der Waals surface area contributed by atoms with Crippen LogP contribution in [-0.2, 0) is 0 Å². The van der Waals surface area contributed by atoms with Gasteiger partial charge in [-0.3, -0.25) is 0 Å². The summed E-state index contributed by atoms with van der Waals surface area (Å²) in [6.45, 7) is 8.78. The first kappa shape index (κ1) is 14.7. The first-order chi connectivity index (χ1) is 8.56. The lowest BCUT2D eigenvalue weighted by molar-refractivity contribution is 0.267. The normalized spacial score (nSPS) is 12.6. The van der Waals surface area contributed by atoms with Crippen LogP contribution in [0.25, 0.3) is 0 Å². The van der Waals surface area contributed by atoms with Crippen LogP contribution in [0.4, 0.5) is 5.95 Å². The van der Waals surface area contributed by atoms with Crippen molar-refractivity contribution in [1.82, 2.24) is 9.97 Å². The predicted molar refractivity (Wildman–Crippen MR) is 71.9 cm³/mol. The molecule has 0 aromatic carbocycles. The Labute approximate surface area is 109 Å². The second kappa shape index (κ2) is 7.16. The molecule has 0 spiro atoms. The highest BCUT2D eigenvalue weighted by Gasteiger charge is 2.14. The topological polar surface area (TPSA) is 67.3 Å². The maximum absolute atomic E-state index is 9.05. The van der Waals surface area contributed by atoms with Gasteiger partial charge in [0.25, 0.3) is 0 Å². The molecule has 0 fully saturated rings. The lowest BCUT2D eigenvalue weighted by Gasteiger charge is -2.21. The summed E-state index contributed by atoms with van der Waals surface area (Å²) in [4.78, 5) is 8.64. The predicted octanol–water partition coefficient (Wildman–Crippen LogP) is 2.00. The number of hydrogen-bond acceptors (Lipinski definition) is 5. The smallest absolute Gasteiger partial charge is 0.226 e. The van der Waals surface area contributed by atoms with Gasteiger partial charge in [-0.2, -0.15) is 4.98 Å². The van der Waals surface area contributed by atoms with E-state index in [9.17, 15) is 0 Å². The Morgan fingerprint density at radius 3 is 2.67 bits per heavy atom. The van der Waals surface area contributed by atoms with Crippen LogP contribution in [0.1, 0.15) is 32.9 Å². The minimum Gasteiger partial charge on any atom is -0.478 e. The Morgan fingerprint density at radius 1 is 1.39 bits per heavy atom. The Morgan fingerprint density at radius 2 is 2.11 bits per heavy atom. The van der Waals surface area contributed by atoms with E-state index >= 15 is 0 Å². The molecule has 5 heteroatoms. The van der Waals surface area contributed by atoms with Crippen LogP contribution in [0.3, 0.4) is 0 Å². The zero-order chi connectivity index (χ0) is 13.5. The van der Waals surface area contributed by atoms with Gasteiger partial charge in [0.1, 0.15) is 0 Å². The number of aliphatic hydroxyl groups excluding tert-OH is 1. The third-order valence-corrected chi connectivity index (χ3v) is 2.68. The molecule has 0 amide bonds. The maximum atomic E-state index is 9.05. The molecule has 0 aliphatic carbocycles. The number of hydrogen-bond donors (Lipinski definition) is 2. The van der Waals surface area contributed by atoms with Crippen molar-refractivity contribution in [3.05, 3.63) is 11.8 Å². The largest absolute Gasteiger partial charge is 0.478 e. The van der Waals surface area contributed by atoms with Gasteiger partial charge in [0.15, 0.2) is 0 Å². The van der Waals surface area contributed by atoms with E-state index in [4.69, 9.17) is 9.84 Å². The Balaban J connectivity index is 2.81. The molecule has 0 saturated carbocycles. The van der Waals surface area contributed by atoms with Gasteiger partial charge < -0.3 is 15.2 Å². The third kappa shape index (κ3) is 4.49. The van der Waals surface area contributed by atoms with Crippen LogP contribution in [0, 0.1) is 12.8 Å². The highest BCUT2D eigenvalue weighted by atomic mass is 16.5. The first-order valence-electron chi connectivity index (χ1n) is 6.42. The van der Waals surface area contributed by atoms with Crippen LogP contribution in [0.15, 0.2) is 6.07 Å². The summed E-state index contributed by atoms with van der Waals surface area (Å²) in [6, 6.07) is 1.97. The van der Waals surface area contributed by atoms with Crippen molar-refractivity contribution >= 4 is 5.95 Å². The average molecular weight is 253 g/mol. The van der Waals surface area contributed by atoms with Gasteiger partial charge in [0.05, 0.1) is 6.61 Å². The summed E-state index contributed by atoms with van der Waals surface area (Å²) < 4.78 is 5.39. The molecule has 0 radical (unpaired) electrons. The van der Waals surface area contributed by atoms with Crippen LogP contribution in [0.5, 0.6) is 5.88 Å². The highest BCUT2D eigenvalue weighted by Crippen LogP contribution is 2.16. The van der Waals surface area contributed by atoms with Crippen molar-refractivity contribution in [3.63, 3.8) is 0 Å². The summed E-state index contributed by atoms with van der Waals surface area (Å²) in [5.41, 5.74) is 0.863. The van der Waals surface area contributed by atoms with Gasteiger partial charge >= 0.3 is 0 Å². The lowest BCUT2D eigenvalue weighted by Crippen LogP contribution is -2.28. The number of nitrogens with one attached hydrogen (secondary N) is 1. The van der Waals surface area contributed by atoms with Crippen LogP contribution >= 0.6 is 0 Å². The molecule has 0 saturated heterocycles. The standard InChI is InChI=1S/C13H23N3O2/c1-5-18-12-8-10(4)14-13(16-12)15-11(6-7-17)9(2)3/h8-9,11,17H,5-7H2,1-4H3,(H,14,15,16). The molecule has 18 heavy (non-hydrogen) atoms. The number of aromatic nitrogens is 2. The molecule has 1 heterocycles. The average Bonchev–Trinajstić information content (AvgIpc) is 2.28. The van der Waals surface area contributed by atoms with Gasteiger partial charge in [-0.05, 0) is 26.2 Å². The highest BCUT2D eigenvalue weighted by molar-refractivity contribution is 5.31. The number of ether oxygens (including phenoxy) is 1. The molecule has 1 unspecified atom stereocenters. The molecule has 1 rings (SSSR count). The number of aryl methyl sites for hydroxylation is 1. The van der Waals surface area contributed by atoms with E-state index in [-0.39, 0.29) is 12.6 Å². The number of aliphatic hydroxyl groups is 1. The van der Waals surface area contributed by atoms with Crippen LogP contribution in [0.2, 0.25) is 0 Å². The Hall–Kier alpha value is -1.36. The summed E-state index contributed by atoms with van der Waals surface area (Å²) >= 11 is 0. The minimum atomic E-state index is 0.153. The zero-order valence-corrected chi connectivity index (χ0v) is 11.6. The number of rotatable bonds is 7. The second-order valence-electron chi connectivity index (χ2n) is 4.61.